The molecule has 0 unspecified atom stereocenters. The first-order chi connectivity index (χ1) is 11.2. The zero-order valence-electron chi connectivity index (χ0n) is 13.8. The number of rotatable bonds is 8. The van der Waals surface area contributed by atoms with Crippen LogP contribution in [0.4, 0.5) is 4.39 Å². The van der Waals surface area contributed by atoms with Crippen molar-refractivity contribution in [3.8, 4) is 0 Å². The van der Waals surface area contributed by atoms with Crippen LogP contribution < -0.4 is 0 Å². The van der Waals surface area contributed by atoms with Crippen LogP contribution >= 0.6 is 0 Å². The minimum atomic E-state index is -0.243. The van der Waals surface area contributed by atoms with Crippen molar-refractivity contribution in [2.75, 3.05) is 33.4 Å². The predicted octanol–water partition coefficient (Wildman–Crippen LogP) is 2.80. The van der Waals surface area contributed by atoms with E-state index in [9.17, 15) is 9.18 Å². The van der Waals surface area contributed by atoms with Gasteiger partial charge in [-0.15, -0.1) is 0 Å². The molecule has 0 N–H and O–H groups in total. The van der Waals surface area contributed by atoms with Crippen molar-refractivity contribution < 1.29 is 18.7 Å². The number of benzene rings is 1. The smallest absolute Gasteiger partial charge is 0.222 e. The second-order valence-corrected chi connectivity index (χ2v) is 5.92. The average molecular weight is 323 g/mol. The van der Waals surface area contributed by atoms with E-state index >= 15 is 0 Å². The van der Waals surface area contributed by atoms with Crippen molar-refractivity contribution in [1.82, 2.24) is 4.90 Å². The Hall–Kier alpha value is -1.46. The van der Waals surface area contributed by atoms with Crippen LogP contribution in [0.15, 0.2) is 24.3 Å². The Morgan fingerprint density at radius 2 is 1.91 bits per heavy atom. The average Bonchev–Trinajstić information content (AvgIpc) is 2.58. The van der Waals surface area contributed by atoms with E-state index in [1.807, 2.05) is 4.90 Å². The summed E-state index contributed by atoms with van der Waals surface area (Å²) in [7, 11) is 1.69. The van der Waals surface area contributed by atoms with E-state index in [0.29, 0.717) is 12.8 Å². The Morgan fingerprint density at radius 3 is 2.57 bits per heavy atom. The van der Waals surface area contributed by atoms with Gasteiger partial charge in [-0.2, -0.15) is 0 Å². The fourth-order valence-electron chi connectivity index (χ4n) is 2.79. The summed E-state index contributed by atoms with van der Waals surface area (Å²) in [6.45, 7) is 2.96. The number of hydrogen-bond acceptors (Lipinski definition) is 3. The molecular formula is C18H26FNO3. The maximum absolute atomic E-state index is 12.9. The molecule has 128 valence electrons. The standard InChI is InChI=1S/C18H26FNO3/c1-22-13-2-14-23-17-9-11-20(12-10-17)18(21)8-5-15-3-6-16(19)7-4-15/h3-4,6-7,17H,2,5,8-14H2,1H3. The van der Waals surface area contributed by atoms with Crippen molar-refractivity contribution in [3.63, 3.8) is 0 Å². The molecule has 1 saturated heterocycles. The van der Waals surface area contributed by atoms with Crippen LogP contribution in [0.25, 0.3) is 0 Å². The van der Waals surface area contributed by atoms with Crippen molar-refractivity contribution in [2.24, 2.45) is 0 Å². The molecular weight excluding hydrogens is 297 g/mol. The van der Waals surface area contributed by atoms with E-state index in [1.54, 1.807) is 19.2 Å². The van der Waals surface area contributed by atoms with Crippen molar-refractivity contribution in [3.05, 3.63) is 35.6 Å². The Kier molecular flexibility index (Phi) is 7.49. The lowest BCUT2D eigenvalue weighted by molar-refractivity contribution is -0.133. The maximum atomic E-state index is 12.9. The number of hydrogen-bond donors (Lipinski definition) is 0. The third kappa shape index (κ3) is 6.28. The molecule has 1 aromatic rings. The van der Waals surface area contributed by atoms with Gasteiger partial charge in [0.1, 0.15) is 5.82 Å². The van der Waals surface area contributed by atoms with Gasteiger partial charge in [-0.05, 0) is 43.4 Å². The summed E-state index contributed by atoms with van der Waals surface area (Å²) in [5.74, 6) is -0.0696. The Morgan fingerprint density at radius 1 is 1.22 bits per heavy atom. The number of likely N-dealkylation sites (tertiary alicyclic amines) is 1. The van der Waals surface area contributed by atoms with E-state index < -0.39 is 0 Å². The molecule has 0 aromatic heterocycles. The largest absolute Gasteiger partial charge is 0.385 e. The van der Waals surface area contributed by atoms with E-state index in [4.69, 9.17) is 9.47 Å². The molecule has 2 rings (SSSR count). The fraction of sp³-hybridized carbons (Fsp3) is 0.611. The lowest BCUT2D eigenvalue weighted by atomic mass is 10.1. The summed E-state index contributed by atoms with van der Waals surface area (Å²) in [5, 5.41) is 0. The fourth-order valence-corrected chi connectivity index (χ4v) is 2.79. The SMILES string of the molecule is COCCCOC1CCN(C(=O)CCc2ccc(F)cc2)CC1. The number of amides is 1. The zero-order chi connectivity index (χ0) is 16.5. The number of carbonyl (C=O) groups excluding carboxylic acids is 1. The minimum Gasteiger partial charge on any atom is -0.385 e. The maximum Gasteiger partial charge on any atom is 0.222 e. The molecule has 1 aliphatic heterocycles. The van der Waals surface area contributed by atoms with Gasteiger partial charge in [0.15, 0.2) is 0 Å². The molecule has 23 heavy (non-hydrogen) atoms. The normalized spacial score (nSPS) is 15.8. The molecule has 1 aliphatic rings. The number of halogens is 1. The lowest BCUT2D eigenvalue weighted by Crippen LogP contribution is -2.41. The summed E-state index contributed by atoms with van der Waals surface area (Å²) in [5.41, 5.74) is 0.996. The van der Waals surface area contributed by atoms with Gasteiger partial charge >= 0.3 is 0 Å². The van der Waals surface area contributed by atoms with Gasteiger partial charge in [0.05, 0.1) is 6.10 Å². The van der Waals surface area contributed by atoms with Gasteiger partial charge in [-0.1, -0.05) is 12.1 Å². The molecule has 0 spiro atoms. The molecule has 1 fully saturated rings. The van der Waals surface area contributed by atoms with Crippen molar-refractivity contribution >= 4 is 5.91 Å². The Labute approximate surface area is 137 Å². The topological polar surface area (TPSA) is 38.8 Å². The van der Waals surface area contributed by atoms with E-state index in [0.717, 1.165) is 51.1 Å². The molecule has 1 amide bonds. The van der Waals surface area contributed by atoms with Crippen LogP contribution in [0.1, 0.15) is 31.2 Å². The van der Waals surface area contributed by atoms with E-state index in [2.05, 4.69) is 0 Å². The molecule has 4 nitrogen and oxygen atoms in total. The van der Waals surface area contributed by atoms with Gasteiger partial charge in [-0.25, -0.2) is 4.39 Å². The monoisotopic (exact) mass is 323 g/mol. The number of methoxy groups -OCH3 is 1. The number of ether oxygens (including phenoxy) is 2. The van der Waals surface area contributed by atoms with E-state index in [1.165, 1.54) is 12.1 Å². The van der Waals surface area contributed by atoms with Crippen LogP contribution in [0.5, 0.6) is 0 Å². The highest BCUT2D eigenvalue weighted by molar-refractivity contribution is 5.76. The third-order valence-corrected chi connectivity index (χ3v) is 4.18. The van der Waals surface area contributed by atoms with Crippen molar-refractivity contribution in [1.29, 1.82) is 0 Å². The first kappa shape index (κ1) is 17.9. The molecule has 0 atom stereocenters. The highest BCUT2D eigenvalue weighted by atomic mass is 19.1. The first-order valence-electron chi connectivity index (χ1n) is 8.32. The highest BCUT2D eigenvalue weighted by Crippen LogP contribution is 2.16. The summed E-state index contributed by atoms with van der Waals surface area (Å²) in [4.78, 5) is 14.2. The minimum absolute atomic E-state index is 0.173. The van der Waals surface area contributed by atoms with Gasteiger partial charge < -0.3 is 14.4 Å². The molecule has 1 heterocycles. The number of aryl methyl sites for hydroxylation is 1. The van der Waals surface area contributed by atoms with Crippen LogP contribution in [-0.4, -0.2) is 50.3 Å². The van der Waals surface area contributed by atoms with Crippen LogP contribution in [0.2, 0.25) is 0 Å². The molecule has 0 aliphatic carbocycles. The molecule has 0 radical (unpaired) electrons. The molecule has 0 saturated carbocycles. The van der Waals surface area contributed by atoms with Gasteiger partial charge in [0.25, 0.3) is 0 Å². The third-order valence-electron chi connectivity index (χ3n) is 4.18. The first-order valence-corrected chi connectivity index (χ1v) is 8.32. The quantitative estimate of drug-likeness (QED) is 0.691. The van der Waals surface area contributed by atoms with E-state index in [-0.39, 0.29) is 17.8 Å². The molecule has 5 heteroatoms. The second kappa shape index (κ2) is 9.63. The van der Waals surface area contributed by atoms with Crippen LogP contribution in [0, 0.1) is 5.82 Å². The Balaban J connectivity index is 1.64. The second-order valence-electron chi connectivity index (χ2n) is 5.92. The number of carbonyl (C=O) groups is 1. The zero-order valence-corrected chi connectivity index (χ0v) is 13.8. The van der Waals surface area contributed by atoms with Gasteiger partial charge in [0, 0.05) is 39.8 Å². The Bertz CT molecular complexity index is 470. The van der Waals surface area contributed by atoms with Gasteiger partial charge in [-0.3, -0.25) is 4.79 Å². The van der Waals surface area contributed by atoms with Gasteiger partial charge in [0.2, 0.25) is 5.91 Å². The summed E-state index contributed by atoms with van der Waals surface area (Å²) >= 11 is 0. The highest BCUT2D eigenvalue weighted by Gasteiger charge is 2.22. The number of piperidine rings is 1. The molecule has 0 bridgehead atoms. The van der Waals surface area contributed by atoms with Crippen LogP contribution in [-0.2, 0) is 20.7 Å². The lowest BCUT2D eigenvalue weighted by Gasteiger charge is -2.32. The summed E-state index contributed by atoms with van der Waals surface area (Å²) < 4.78 is 23.6. The van der Waals surface area contributed by atoms with Crippen LogP contribution in [0.3, 0.4) is 0 Å². The summed E-state index contributed by atoms with van der Waals surface area (Å²) in [6.07, 6.45) is 4.10. The number of nitrogens with zero attached hydrogens (tertiary/aromatic N) is 1. The summed E-state index contributed by atoms with van der Waals surface area (Å²) in [6, 6.07) is 6.35. The van der Waals surface area contributed by atoms with Crippen molar-refractivity contribution in [2.45, 2.75) is 38.2 Å². The molecule has 1 aromatic carbocycles. The predicted molar refractivity (Wildman–Crippen MR) is 86.8 cm³/mol.